The van der Waals surface area contributed by atoms with Crippen LogP contribution in [0.3, 0.4) is 0 Å². The zero-order valence-corrected chi connectivity index (χ0v) is 13.7. The van der Waals surface area contributed by atoms with E-state index in [1.54, 1.807) is 38.1 Å². The van der Waals surface area contributed by atoms with Crippen molar-refractivity contribution in [3.05, 3.63) is 29.8 Å². The van der Waals surface area contributed by atoms with E-state index < -0.39 is 24.5 Å². The molecule has 1 heterocycles. The Labute approximate surface area is 140 Å². The van der Waals surface area contributed by atoms with E-state index in [0.29, 0.717) is 5.75 Å². The van der Waals surface area contributed by atoms with Gasteiger partial charge in [-0.25, -0.2) is 4.79 Å². The van der Waals surface area contributed by atoms with Gasteiger partial charge in [-0.15, -0.1) is 0 Å². The average Bonchev–Trinajstić information content (AvgIpc) is 2.53. The first-order chi connectivity index (χ1) is 11.3. The summed E-state index contributed by atoms with van der Waals surface area (Å²) in [5.74, 6) is -1.08. The van der Waals surface area contributed by atoms with E-state index >= 15 is 0 Å². The minimum atomic E-state index is -1.12. The van der Waals surface area contributed by atoms with Crippen LogP contribution in [0.4, 0.5) is 0 Å². The minimum absolute atomic E-state index is 0.0509. The highest BCUT2D eigenvalue weighted by atomic mass is 16.7. The summed E-state index contributed by atoms with van der Waals surface area (Å²) in [6.07, 6.45) is -2.42. The highest BCUT2D eigenvalue weighted by molar-refractivity contribution is 5.72. The summed E-state index contributed by atoms with van der Waals surface area (Å²) >= 11 is 0. The number of aliphatic carboxylic acids is 1. The van der Waals surface area contributed by atoms with Crippen molar-refractivity contribution in [2.45, 2.75) is 51.8 Å². The van der Waals surface area contributed by atoms with Crippen LogP contribution in [0.15, 0.2) is 24.3 Å². The number of carbonyl (C=O) groups is 2. The Morgan fingerprint density at radius 3 is 2.50 bits per heavy atom. The molecule has 0 amide bonds. The number of esters is 1. The van der Waals surface area contributed by atoms with Gasteiger partial charge in [0, 0.05) is 12.8 Å². The third-order valence-electron chi connectivity index (χ3n) is 3.59. The number of carboxylic acid groups (broad SMARTS) is 1. The summed E-state index contributed by atoms with van der Waals surface area (Å²) in [6.45, 7) is 3.71. The highest BCUT2D eigenvalue weighted by Crippen LogP contribution is 2.23. The van der Waals surface area contributed by atoms with Crippen molar-refractivity contribution in [3.8, 4) is 5.75 Å². The van der Waals surface area contributed by atoms with Gasteiger partial charge in [-0.1, -0.05) is 26.0 Å². The Hall–Kier alpha value is -2.12. The highest BCUT2D eigenvalue weighted by Gasteiger charge is 2.33. The lowest BCUT2D eigenvalue weighted by molar-refractivity contribution is -0.195. The predicted molar refractivity (Wildman–Crippen MR) is 83.2 cm³/mol. The third kappa shape index (κ3) is 5.21. The molecule has 1 aromatic rings. The first-order valence-electron chi connectivity index (χ1n) is 7.83. The zero-order valence-electron chi connectivity index (χ0n) is 13.7. The standard InChI is InChI=1S/C17H22O7/c1-10(2)17(21)22-9-11-3-5-13(6-4-11)23-15-8-12(18)7-14(24-15)16(19)20/h3-6,10,12,14-15,18H,7-9H2,1-2H3,(H,19,20). The lowest BCUT2D eigenvalue weighted by Gasteiger charge is -2.31. The molecule has 7 heteroatoms. The topological polar surface area (TPSA) is 102 Å². The summed E-state index contributed by atoms with van der Waals surface area (Å²) in [4.78, 5) is 22.4. The second kappa shape index (κ2) is 8.12. The van der Waals surface area contributed by atoms with E-state index in [0.717, 1.165) is 5.56 Å². The molecular formula is C17H22O7. The van der Waals surface area contributed by atoms with E-state index in [4.69, 9.17) is 19.3 Å². The van der Waals surface area contributed by atoms with Gasteiger partial charge >= 0.3 is 11.9 Å². The fraction of sp³-hybridized carbons (Fsp3) is 0.529. The number of aliphatic hydroxyl groups is 1. The molecule has 2 N–H and O–H groups in total. The van der Waals surface area contributed by atoms with E-state index in [1.807, 2.05) is 0 Å². The molecule has 7 nitrogen and oxygen atoms in total. The number of carbonyl (C=O) groups excluding carboxylic acids is 1. The molecule has 132 valence electrons. The molecule has 3 atom stereocenters. The van der Waals surface area contributed by atoms with Gasteiger partial charge in [0.1, 0.15) is 12.4 Å². The van der Waals surface area contributed by atoms with Gasteiger partial charge in [0.25, 0.3) is 0 Å². The van der Waals surface area contributed by atoms with Gasteiger partial charge in [-0.05, 0) is 17.7 Å². The molecule has 2 rings (SSSR count). The Morgan fingerprint density at radius 1 is 1.25 bits per heavy atom. The van der Waals surface area contributed by atoms with E-state index in [9.17, 15) is 14.7 Å². The molecular weight excluding hydrogens is 316 g/mol. The fourth-order valence-corrected chi connectivity index (χ4v) is 2.23. The third-order valence-corrected chi connectivity index (χ3v) is 3.59. The van der Waals surface area contributed by atoms with Gasteiger partial charge in [0.05, 0.1) is 12.0 Å². The second-order valence-corrected chi connectivity index (χ2v) is 6.04. The molecule has 1 saturated heterocycles. The van der Waals surface area contributed by atoms with Crippen molar-refractivity contribution in [1.29, 1.82) is 0 Å². The van der Waals surface area contributed by atoms with Crippen molar-refractivity contribution < 1.29 is 34.0 Å². The first kappa shape index (κ1) is 18.2. The molecule has 1 aliphatic rings. The van der Waals surface area contributed by atoms with Crippen LogP contribution in [-0.2, 0) is 25.7 Å². The summed E-state index contributed by atoms with van der Waals surface area (Å²) in [5, 5.41) is 18.7. The quantitative estimate of drug-likeness (QED) is 0.761. The molecule has 24 heavy (non-hydrogen) atoms. The van der Waals surface area contributed by atoms with Crippen LogP contribution in [-0.4, -0.2) is 40.6 Å². The number of benzene rings is 1. The molecule has 0 radical (unpaired) electrons. The van der Waals surface area contributed by atoms with Gasteiger partial charge in [-0.3, -0.25) is 4.79 Å². The number of carboxylic acids is 1. The predicted octanol–water partition coefficient (Wildman–Crippen LogP) is 1.72. The first-order valence-corrected chi connectivity index (χ1v) is 7.83. The maximum Gasteiger partial charge on any atom is 0.333 e. The SMILES string of the molecule is CC(C)C(=O)OCc1ccc(OC2CC(O)CC(C(=O)O)O2)cc1. The number of aliphatic hydroxyl groups excluding tert-OH is 1. The Kier molecular flexibility index (Phi) is 6.16. The summed E-state index contributed by atoms with van der Waals surface area (Å²) in [7, 11) is 0. The van der Waals surface area contributed by atoms with Crippen LogP contribution in [0.25, 0.3) is 0 Å². The maximum absolute atomic E-state index is 11.4. The van der Waals surface area contributed by atoms with E-state index in [-0.39, 0.29) is 31.3 Å². The summed E-state index contributed by atoms with van der Waals surface area (Å²) in [6, 6.07) is 6.85. The molecule has 0 aliphatic carbocycles. The molecule has 0 saturated carbocycles. The van der Waals surface area contributed by atoms with Gasteiger partial charge in [0.15, 0.2) is 6.10 Å². The summed E-state index contributed by atoms with van der Waals surface area (Å²) < 4.78 is 16.0. The van der Waals surface area contributed by atoms with Crippen molar-refractivity contribution in [2.24, 2.45) is 5.92 Å². The summed E-state index contributed by atoms with van der Waals surface area (Å²) in [5.41, 5.74) is 0.810. The lowest BCUT2D eigenvalue weighted by atomic mass is 10.1. The number of rotatable bonds is 6. The van der Waals surface area contributed by atoms with Crippen molar-refractivity contribution >= 4 is 11.9 Å². The largest absolute Gasteiger partial charge is 0.479 e. The normalized spacial score (nSPS) is 23.8. The van der Waals surface area contributed by atoms with Gasteiger partial charge in [0.2, 0.25) is 6.29 Å². The number of ether oxygens (including phenoxy) is 3. The van der Waals surface area contributed by atoms with Crippen LogP contribution >= 0.6 is 0 Å². The van der Waals surface area contributed by atoms with Gasteiger partial charge < -0.3 is 24.4 Å². The molecule has 0 aromatic heterocycles. The smallest absolute Gasteiger partial charge is 0.333 e. The Balaban J connectivity index is 1.89. The maximum atomic E-state index is 11.4. The van der Waals surface area contributed by atoms with Crippen LogP contribution in [0.2, 0.25) is 0 Å². The van der Waals surface area contributed by atoms with Crippen LogP contribution in [0, 0.1) is 5.92 Å². The van der Waals surface area contributed by atoms with E-state index in [2.05, 4.69) is 0 Å². The number of hydrogen-bond donors (Lipinski definition) is 2. The molecule has 3 unspecified atom stereocenters. The van der Waals surface area contributed by atoms with E-state index in [1.165, 1.54) is 0 Å². The van der Waals surface area contributed by atoms with Crippen LogP contribution in [0.1, 0.15) is 32.3 Å². The molecule has 1 aliphatic heterocycles. The second-order valence-electron chi connectivity index (χ2n) is 6.04. The Bertz CT molecular complexity index is 567. The molecule has 0 bridgehead atoms. The molecule has 1 aromatic carbocycles. The van der Waals surface area contributed by atoms with Crippen molar-refractivity contribution in [1.82, 2.24) is 0 Å². The average molecular weight is 338 g/mol. The number of hydrogen-bond acceptors (Lipinski definition) is 6. The fourth-order valence-electron chi connectivity index (χ4n) is 2.23. The van der Waals surface area contributed by atoms with Gasteiger partial charge in [-0.2, -0.15) is 0 Å². The van der Waals surface area contributed by atoms with Crippen molar-refractivity contribution in [2.75, 3.05) is 0 Å². The lowest BCUT2D eigenvalue weighted by Crippen LogP contribution is -2.42. The van der Waals surface area contributed by atoms with Crippen LogP contribution in [0.5, 0.6) is 5.75 Å². The van der Waals surface area contributed by atoms with Crippen LogP contribution < -0.4 is 4.74 Å². The zero-order chi connectivity index (χ0) is 17.7. The molecule has 0 spiro atoms. The molecule has 1 fully saturated rings. The monoisotopic (exact) mass is 338 g/mol. The minimum Gasteiger partial charge on any atom is -0.479 e. The van der Waals surface area contributed by atoms with Crippen molar-refractivity contribution in [3.63, 3.8) is 0 Å². The Morgan fingerprint density at radius 2 is 1.92 bits per heavy atom.